The quantitative estimate of drug-likeness (QED) is 0.768. The number of rotatable bonds is 5. The summed E-state index contributed by atoms with van der Waals surface area (Å²) >= 11 is 0. The molecule has 2 aromatic rings. The van der Waals surface area contributed by atoms with Crippen molar-refractivity contribution in [2.45, 2.75) is 12.8 Å². The number of nitrogens with zero attached hydrogens (tertiary/aromatic N) is 2. The van der Waals surface area contributed by atoms with Crippen LogP contribution >= 0.6 is 0 Å². The third kappa shape index (κ3) is 3.45. The number of aliphatic hydroxyl groups excluding tert-OH is 1. The molecule has 0 aliphatic carbocycles. The zero-order chi connectivity index (χ0) is 21.3. The van der Waals surface area contributed by atoms with Crippen molar-refractivity contribution in [3.8, 4) is 5.75 Å². The number of imide groups is 1. The molecule has 1 saturated heterocycles. The van der Waals surface area contributed by atoms with Crippen LogP contribution in [0.2, 0.25) is 0 Å². The summed E-state index contributed by atoms with van der Waals surface area (Å²) in [5, 5.41) is 9.61. The van der Waals surface area contributed by atoms with Crippen molar-refractivity contribution in [3.63, 3.8) is 0 Å². The van der Waals surface area contributed by atoms with Gasteiger partial charge < -0.3 is 14.7 Å². The maximum Gasteiger partial charge on any atom is 0.282 e. The van der Waals surface area contributed by atoms with E-state index in [0.29, 0.717) is 24.4 Å². The Bertz CT molecular complexity index is 1000. The van der Waals surface area contributed by atoms with Gasteiger partial charge in [0.05, 0.1) is 18.4 Å². The molecule has 1 N–H and O–H groups in total. The molecule has 1 fully saturated rings. The lowest BCUT2D eigenvalue weighted by molar-refractivity contribution is -0.121. The van der Waals surface area contributed by atoms with E-state index in [0.717, 1.165) is 17.7 Å². The highest BCUT2D eigenvalue weighted by Gasteiger charge is 2.44. The predicted molar refractivity (Wildman–Crippen MR) is 110 cm³/mol. The van der Waals surface area contributed by atoms with Gasteiger partial charge in [0.2, 0.25) is 0 Å². The average molecular weight is 410 g/mol. The van der Waals surface area contributed by atoms with Crippen LogP contribution in [0.1, 0.15) is 18.4 Å². The van der Waals surface area contributed by atoms with Crippen LogP contribution in [0.3, 0.4) is 0 Å². The van der Waals surface area contributed by atoms with Gasteiger partial charge in [-0.2, -0.15) is 0 Å². The van der Waals surface area contributed by atoms with Crippen LogP contribution in [0.4, 0.5) is 10.1 Å². The van der Waals surface area contributed by atoms with Crippen molar-refractivity contribution in [1.29, 1.82) is 0 Å². The van der Waals surface area contributed by atoms with Gasteiger partial charge in [-0.15, -0.1) is 0 Å². The lowest BCUT2D eigenvalue weighted by Gasteiger charge is -2.34. The molecule has 2 aromatic carbocycles. The molecule has 0 bridgehead atoms. The van der Waals surface area contributed by atoms with Gasteiger partial charge in [-0.1, -0.05) is 24.3 Å². The molecule has 2 aliphatic heterocycles. The molecule has 0 saturated carbocycles. The molecule has 6 nitrogen and oxygen atoms in total. The Kier molecular flexibility index (Phi) is 5.55. The minimum Gasteiger partial charge on any atom is -0.497 e. The highest BCUT2D eigenvalue weighted by molar-refractivity contribution is 6.45. The van der Waals surface area contributed by atoms with Crippen molar-refractivity contribution in [2.24, 2.45) is 5.92 Å². The number of piperidine rings is 1. The molecule has 1 atom stereocenters. The second-order valence-corrected chi connectivity index (χ2v) is 7.49. The molecular formula is C23H23FN2O4. The van der Waals surface area contributed by atoms with Gasteiger partial charge in [0.1, 0.15) is 17.3 Å². The van der Waals surface area contributed by atoms with E-state index in [2.05, 4.69) is 0 Å². The van der Waals surface area contributed by atoms with E-state index >= 15 is 0 Å². The summed E-state index contributed by atoms with van der Waals surface area (Å²) in [6.07, 6.45) is 1.66. The summed E-state index contributed by atoms with van der Waals surface area (Å²) in [6.45, 7) is 1.08. The number of amides is 2. The number of carbonyl (C=O) groups excluding carboxylic acids is 2. The third-order valence-corrected chi connectivity index (χ3v) is 5.62. The number of methoxy groups -OCH3 is 1. The minimum absolute atomic E-state index is 0.0147. The van der Waals surface area contributed by atoms with Gasteiger partial charge in [-0.3, -0.25) is 9.59 Å². The van der Waals surface area contributed by atoms with Gasteiger partial charge in [0.25, 0.3) is 11.8 Å². The first-order chi connectivity index (χ1) is 14.5. The normalized spacial score (nSPS) is 19.6. The number of para-hydroxylation sites is 1. The number of hydrogen-bond acceptors (Lipinski definition) is 5. The number of halogens is 1. The van der Waals surface area contributed by atoms with Crippen LogP contribution in [0.25, 0.3) is 5.57 Å². The average Bonchev–Trinajstić information content (AvgIpc) is 3.04. The van der Waals surface area contributed by atoms with Gasteiger partial charge in [0, 0.05) is 19.7 Å². The molecule has 1 unspecified atom stereocenters. The lowest BCUT2D eigenvalue weighted by Crippen LogP contribution is -2.40. The Morgan fingerprint density at radius 1 is 1.10 bits per heavy atom. The maximum atomic E-state index is 14.5. The number of aliphatic hydroxyl groups is 1. The molecule has 4 rings (SSSR count). The lowest BCUT2D eigenvalue weighted by atomic mass is 9.97. The van der Waals surface area contributed by atoms with E-state index in [4.69, 9.17) is 4.74 Å². The Morgan fingerprint density at radius 2 is 1.83 bits per heavy atom. The van der Waals surface area contributed by atoms with Crippen LogP contribution in [-0.2, 0) is 9.59 Å². The Balaban J connectivity index is 1.82. The highest BCUT2D eigenvalue weighted by Crippen LogP contribution is 2.37. The van der Waals surface area contributed by atoms with E-state index in [1.807, 2.05) is 4.90 Å². The molecular weight excluding hydrogens is 387 g/mol. The monoisotopic (exact) mass is 410 g/mol. The predicted octanol–water partition coefficient (Wildman–Crippen LogP) is 2.82. The topological polar surface area (TPSA) is 70.1 Å². The summed E-state index contributed by atoms with van der Waals surface area (Å²) < 4.78 is 19.7. The van der Waals surface area contributed by atoms with Crippen molar-refractivity contribution in [1.82, 2.24) is 4.90 Å². The molecule has 2 heterocycles. The van der Waals surface area contributed by atoms with Crippen LogP contribution in [0, 0.1) is 11.7 Å². The van der Waals surface area contributed by atoms with Crippen LogP contribution in [0.15, 0.2) is 54.2 Å². The number of anilines is 1. The standard InChI is InChI=1S/C23H23FN2O4/c1-30-17-10-8-16(9-11-17)20-21(25-12-4-5-15(13-25)14-27)23(29)26(22(20)28)19-7-3-2-6-18(19)24/h2-3,6-11,15,27H,4-5,12-14H2,1H3. The Hall–Kier alpha value is -3.19. The van der Waals surface area contributed by atoms with Crippen LogP contribution < -0.4 is 9.64 Å². The molecule has 156 valence electrons. The van der Waals surface area contributed by atoms with E-state index in [-0.39, 0.29) is 29.5 Å². The van der Waals surface area contributed by atoms with Crippen molar-refractivity contribution >= 4 is 23.1 Å². The van der Waals surface area contributed by atoms with Crippen LogP contribution in [0.5, 0.6) is 5.75 Å². The number of benzene rings is 2. The summed E-state index contributed by atoms with van der Waals surface area (Å²) in [7, 11) is 1.55. The molecule has 2 aliphatic rings. The highest BCUT2D eigenvalue weighted by atomic mass is 19.1. The summed E-state index contributed by atoms with van der Waals surface area (Å²) in [5.74, 6) is -1.09. The maximum absolute atomic E-state index is 14.5. The summed E-state index contributed by atoms with van der Waals surface area (Å²) in [5.41, 5.74) is 0.995. The van der Waals surface area contributed by atoms with Crippen molar-refractivity contribution in [3.05, 3.63) is 65.6 Å². The summed E-state index contributed by atoms with van der Waals surface area (Å²) in [4.78, 5) is 29.6. The second-order valence-electron chi connectivity index (χ2n) is 7.49. The van der Waals surface area contributed by atoms with E-state index in [9.17, 15) is 19.1 Å². The van der Waals surface area contributed by atoms with Gasteiger partial charge in [-0.05, 0) is 48.6 Å². The first-order valence-corrected chi connectivity index (χ1v) is 9.93. The van der Waals surface area contributed by atoms with E-state index in [1.54, 1.807) is 37.4 Å². The smallest absolute Gasteiger partial charge is 0.282 e. The number of carbonyl (C=O) groups is 2. The third-order valence-electron chi connectivity index (χ3n) is 5.62. The fraction of sp³-hybridized carbons (Fsp3) is 0.304. The van der Waals surface area contributed by atoms with Gasteiger partial charge in [0.15, 0.2) is 0 Å². The molecule has 30 heavy (non-hydrogen) atoms. The molecule has 7 heteroatoms. The molecule has 0 spiro atoms. The first kappa shape index (κ1) is 20.1. The number of ether oxygens (including phenoxy) is 1. The number of hydrogen-bond donors (Lipinski definition) is 1. The molecule has 0 aromatic heterocycles. The fourth-order valence-electron chi connectivity index (χ4n) is 4.10. The summed E-state index contributed by atoms with van der Waals surface area (Å²) in [6, 6.07) is 12.6. The number of likely N-dealkylation sites (tertiary alicyclic amines) is 1. The minimum atomic E-state index is -0.638. The van der Waals surface area contributed by atoms with Crippen molar-refractivity contribution < 1.29 is 23.8 Å². The Labute approximate surface area is 174 Å². The van der Waals surface area contributed by atoms with E-state index < -0.39 is 17.6 Å². The molecule has 2 amide bonds. The first-order valence-electron chi connectivity index (χ1n) is 9.93. The van der Waals surface area contributed by atoms with Gasteiger partial charge >= 0.3 is 0 Å². The van der Waals surface area contributed by atoms with Gasteiger partial charge in [-0.25, -0.2) is 9.29 Å². The zero-order valence-corrected chi connectivity index (χ0v) is 16.7. The zero-order valence-electron chi connectivity index (χ0n) is 16.7. The fourth-order valence-corrected chi connectivity index (χ4v) is 4.10. The van der Waals surface area contributed by atoms with Crippen LogP contribution in [-0.4, -0.2) is 48.6 Å². The molecule has 0 radical (unpaired) electrons. The SMILES string of the molecule is COc1ccc(C2=C(N3CCCC(CO)C3)C(=O)N(c3ccccc3F)C2=O)cc1. The Morgan fingerprint density at radius 3 is 2.50 bits per heavy atom. The van der Waals surface area contributed by atoms with E-state index in [1.165, 1.54) is 18.2 Å². The largest absolute Gasteiger partial charge is 0.497 e. The van der Waals surface area contributed by atoms with Crippen molar-refractivity contribution in [2.75, 3.05) is 31.7 Å². The second kappa shape index (κ2) is 8.28.